The molecule has 0 radical (unpaired) electrons. The van der Waals surface area contributed by atoms with Crippen molar-refractivity contribution in [1.29, 1.82) is 0 Å². The number of amides is 1. The number of carbonyl (C=O) groups excluding carboxylic acids is 1. The molecule has 0 N–H and O–H groups in total. The maximum atomic E-state index is 12.6. The average molecular weight is 388 g/mol. The van der Waals surface area contributed by atoms with E-state index in [1.807, 2.05) is 12.1 Å². The first-order chi connectivity index (χ1) is 13.5. The second kappa shape index (κ2) is 9.75. The van der Waals surface area contributed by atoms with Crippen molar-refractivity contribution in [2.45, 2.75) is 51.6 Å². The fraction of sp³-hybridized carbons (Fsp3) is 0.696. The van der Waals surface area contributed by atoms with Crippen LogP contribution in [-0.4, -0.2) is 79.6 Å². The standard InChI is InChI=1S/C23H37N3O2/c1-18(2)15-26(20-11-13-24(3)14-12-20)21-16-25(17-21)23(27)10-7-19-5-8-22(28-4)9-6-19/h5-6,8-9,18,20-21H,7,10-17H2,1-4H3. The summed E-state index contributed by atoms with van der Waals surface area (Å²) >= 11 is 0. The Kier molecular flexibility index (Phi) is 7.36. The molecule has 2 fully saturated rings. The molecule has 156 valence electrons. The van der Waals surface area contributed by atoms with Gasteiger partial charge in [-0.05, 0) is 63.0 Å². The number of methoxy groups -OCH3 is 1. The Balaban J connectivity index is 1.47. The zero-order chi connectivity index (χ0) is 20.1. The molecule has 2 aliphatic heterocycles. The summed E-state index contributed by atoms with van der Waals surface area (Å²) in [6.07, 6.45) is 3.91. The number of piperidine rings is 1. The Morgan fingerprint density at radius 1 is 1.14 bits per heavy atom. The summed E-state index contributed by atoms with van der Waals surface area (Å²) in [5.41, 5.74) is 1.19. The van der Waals surface area contributed by atoms with E-state index in [1.54, 1.807) is 7.11 Å². The van der Waals surface area contributed by atoms with Gasteiger partial charge in [-0.1, -0.05) is 26.0 Å². The Morgan fingerprint density at radius 3 is 2.36 bits per heavy atom. The Bertz CT molecular complexity index is 617. The van der Waals surface area contributed by atoms with Crippen LogP contribution in [0.2, 0.25) is 0 Å². The molecule has 0 atom stereocenters. The van der Waals surface area contributed by atoms with Gasteiger partial charge in [0.15, 0.2) is 0 Å². The molecule has 1 aromatic rings. The van der Waals surface area contributed by atoms with E-state index in [0.717, 1.165) is 31.8 Å². The largest absolute Gasteiger partial charge is 0.497 e. The first kappa shape index (κ1) is 21.1. The van der Waals surface area contributed by atoms with Gasteiger partial charge < -0.3 is 14.5 Å². The van der Waals surface area contributed by atoms with Crippen molar-refractivity contribution >= 4 is 5.91 Å². The number of aryl methyl sites for hydroxylation is 1. The van der Waals surface area contributed by atoms with Crippen LogP contribution in [0.3, 0.4) is 0 Å². The zero-order valence-electron chi connectivity index (χ0n) is 18.1. The van der Waals surface area contributed by atoms with Crippen LogP contribution in [0, 0.1) is 5.92 Å². The van der Waals surface area contributed by atoms with Gasteiger partial charge in [-0.3, -0.25) is 9.69 Å². The first-order valence-corrected chi connectivity index (χ1v) is 10.8. The molecular weight excluding hydrogens is 350 g/mol. The molecule has 3 rings (SSSR count). The van der Waals surface area contributed by atoms with Gasteiger partial charge in [0, 0.05) is 38.1 Å². The van der Waals surface area contributed by atoms with E-state index in [4.69, 9.17) is 4.74 Å². The number of likely N-dealkylation sites (tertiary alicyclic amines) is 2. The lowest BCUT2D eigenvalue weighted by molar-refractivity contribution is -0.140. The molecule has 0 saturated carbocycles. The van der Waals surface area contributed by atoms with Crippen molar-refractivity contribution in [3.05, 3.63) is 29.8 Å². The van der Waals surface area contributed by atoms with Crippen LogP contribution in [0.5, 0.6) is 5.75 Å². The molecule has 0 aromatic heterocycles. The monoisotopic (exact) mass is 387 g/mol. The van der Waals surface area contributed by atoms with Gasteiger partial charge in [0.25, 0.3) is 0 Å². The minimum atomic E-state index is 0.292. The molecule has 2 heterocycles. The number of benzene rings is 1. The van der Waals surface area contributed by atoms with Crippen LogP contribution in [0.1, 0.15) is 38.7 Å². The van der Waals surface area contributed by atoms with Crippen LogP contribution in [0.15, 0.2) is 24.3 Å². The minimum absolute atomic E-state index is 0.292. The maximum absolute atomic E-state index is 12.6. The van der Waals surface area contributed by atoms with Crippen LogP contribution in [0.4, 0.5) is 0 Å². The normalized spacial score (nSPS) is 19.3. The number of hydrogen-bond donors (Lipinski definition) is 0. The summed E-state index contributed by atoms with van der Waals surface area (Å²) in [5.74, 6) is 1.82. The molecule has 0 aliphatic carbocycles. The van der Waals surface area contributed by atoms with Crippen molar-refractivity contribution in [1.82, 2.24) is 14.7 Å². The molecule has 5 heteroatoms. The van der Waals surface area contributed by atoms with E-state index >= 15 is 0 Å². The van der Waals surface area contributed by atoms with E-state index in [9.17, 15) is 4.79 Å². The topological polar surface area (TPSA) is 36.0 Å². The second-order valence-corrected chi connectivity index (χ2v) is 8.93. The second-order valence-electron chi connectivity index (χ2n) is 8.93. The lowest BCUT2D eigenvalue weighted by Gasteiger charge is -2.50. The highest BCUT2D eigenvalue weighted by atomic mass is 16.5. The number of hydrogen-bond acceptors (Lipinski definition) is 4. The molecule has 0 bridgehead atoms. The quantitative estimate of drug-likeness (QED) is 0.687. The van der Waals surface area contributed by atoms with Crippen LogP contribution in [0.25, 0.3) is 0 Å². The highest BCUT2D eigenvalue weighted by Crippen LogP contribution is 2.25. The van der Waals surface area contributed by atoms with Crippen molar-refractivity contribution < 1.29 is 9.53 Å². The molecule has 0 unspecified atom stereocenters. The van der Waals surface area contributed by atoms with E-state index in [2.05, 4.69) is 47.7 Å². The van der Waals surface area contributed by atoms with Crippen molar-refractivity contribution in [2.75, 3.05) is 46.9 Å². The first-order valence-electron chi connectivity index (χ1n) is 10.8. The third-order valence-corrected chi connectivity index (χ3v) is 6.20. The lowest BCUT2D eigenvalue weighted by Crippen LogP contribution is -2.64. The molecule has 1 aromatic carbocycles. The van der Waals surface area contributed by atoms with E-state index < -0.39 is 0 Å². The molecule has 2 aliphatic rings. The summed E-state index contributed by atoms with van der Waals surface area (Å²) in [4.78, 5) is 19.8. The predicted octanol–water partition coefficient (Wildman–Crippen LogP) is 2.89. The SMILES string of the molecule is COc1ccc(CCC(=O)N2CC(N(CC(C)C)C3CCN(C)CC3)C2)cc1. The van der Waals surface area contributed by atoms with Gasteiger partial charge in [-0.25, -0.2) is 0 Å². The van der Waals surface area contributed by atoms with E-state index in [-0.39, 0.29) is 0 Å². The third kappa shape index (κ3) is 5.48. The molecule has 0 spiro atoms. The summed E-state index contributed by atoms with van der Waals surface area (Å²) in [6.45, 7) is 9.94. The maximum Gasteiger partial charge on any atom is 0.223 e. The summed E-state index contributed by atoms with van der Waals surface area (Å²) in [5, 5.41) is 0. The zero-order valence-corrected chi connectivity index (χ0v) is 18.1. The van der Waals surface area contributed by atoms with Crippen molar-refractivity contribution in [2.24, 2.45) is 5.92 Å². The molecule has 5 nitrogen and oxygen atoms in total. The average Bonchev–Trinajstić information content (AvgIpc) is 2.65. The highest BCUT2D eigenvalue weighted by Gasteiger charge is 2.38. The predicted molar refractivity (Wildman–Crippen MR) is 114 cm³/mol. The lowest BCUT2D eigenvalue weighted by atomic mass is 9.96. The van der Waals surface area contributed by atoms with Gasteiger partial charge in [-0.2, -0.15) is 0 Å². The fourth-order valence-corrected chi connectivity index (χ4v) is 4.41. The van der Waals surface area contributed by atoms with Gasteiger partial charge in [0.2, 0.25) is 5.91 Å². The number of carbonyl (C=O) groups is 1. The van der Waals surface area contributed by atoms with Gasteiger partial charge >= 0.3 is 0 Å². The Morgan fingerprint density at radius 2 is 1.79 bits per heavy atom. The van der Waals surface area contributed by atoms with Gasteiger partial charge in [0.1, 0.15) is 5.75 Å². The number of ether oxygens (including phenoxy) is 1. The van der Waals surface area contributed by atoms with E-state index in [1.165, 1.54) is 31.5 Å². The van der Waals surface area contributed by atoms with Crippen molar-refractivity contribution in [3.8, 4) is 5.75 Å². The summed E-state index contributed by atoms with van der Waals surface area (Å²) in [6, 6.07) is 9.25. The smallest absolute Gasteiger partial charge is 0.223 e. The number of nitrogens with zero attached hydrogens (tertiary/aromatic N) is 3. The summed E-state index contributed by atoms with van der Waals surface area (Å²) in [7, 11) is 3.89. The Hall–Kier alpha value is -1.59. The highest BCUT2D eigenvalue weighted by molar-refractivity contribution is 5.77. The van der Waals surface area contributed by atoms with Gasteiger partial charge in [0.05, 0.1) is 7.11 Å². The molecule has 28 heavy (non-hydrogen) atoms. The fourth-order valence-electron chi connectivity index (χ4n) is 4.41. The third-order valence-electron chi connectivity index (χ3n) is 6.20. The van der Waals surface area contributed by atoms with Crippen LogP contribution < -0.4 is 4.74 Å². The Labute approximate surface area is 170 Å². The minimum Gasteiger partial charge on any atom is -0.497 e. The van der Waals surface area contributed by atoms with E-state index in [0.29, 0.717) is 30.3 Å². The summed E-state index contributed by atoms with van der Waals surface area (Å²) < 4.78 is 5.19. The van der Waals surface area contributed by atoms with Crippen molar-refractivity contribution in [3.63, 3.8) is 0 Å². The molecule has 1 amide bonds. The number of rotatable bonds is 8. The van der Waals surface area contributed by atoms with Gasteiger partial charge in [-0.15, -0.1) is 0 Å². The molecular formula is C23H37N3O2. The molecule has 2 saturated heterocycles. The van der Waals surface area contributed by atoms with Crippen LogP contribution in [-0.2, 0) is 11.2 Å². The van der Waals surface area contributed by atoms with Crippen LogP contribution >= 0.6 is 0 Å².